The van der Waals surface area contributed by atoms with Gasteiger partial charge in [0.2, 0.25) is 11.8 Å². The van der Waals surface area contributed by atoms with Crippen molar-refractivity contribution in [2.45, 2.75) is 76.0 Å². The minimum absolute atomic E-state index is 0.0261. The molecule has 2 saturated heterocycles. The summed E-state index contributed by atoms with van der Waals surface area (Å²) in [5.74, 6) is 0.0488. The van der Waals surface area contributed by atoms with Crippen LogP contribution in [0.1, 0.15) is 49.7 Å². The molecule has 7 heteroatoms. The van der Waals surface area contributed by atoms with Crippen molar-refractivity contribution >= 4 is 17.5 Å². The number of hydrogen-bond acceptors (Lipinski definition) is 4. The van der Waals surface area contributed by atoms with Crippen LogP contribution in [0.2, 0.25) is 0 Å². The Hall–Kier alpha value is -2.15. The lowest BCUT2D eigenvalue weighted by Gasteiger charge is -2.44. The molecule has 0 radical (unpaired) electrons. The fourth-order valence-electron chi connectivity index (χ4n) is 5.88. The van der Waals surface area contributed by atoms with Crippen LogP contribution >= 0.6 is 0 Å². The lowest BCUT2D eigenvalue weighted by molar-refractivity contribution is -0.131. The molecule has 2 N–H and O–H groups in total. The zero-order valence-corrected chi connectivity index (χ0v) is 17.6. The number of piperazine rings is 1. The van der Waals surface area contributed by atoms with E-state index >= 15 is 0 Å². The molecule has 3 fully saturated rings. The Morgan fingerprint density at radius 1 is 1.20 bits per heavy atom. The van der Waals surface area contributed by atoms with Crippen LogP contribution in [-0.2, 0) is 16.0 Å². The average molecular weight is 415 g/mol. The summed E-state index contributed by atoms with van der Waals surface area (Å²) in [6.45, 7) is 4.68. The normalized spacial score (nSPS) is 31.3. The maximum absolute atomic E-state index is 14.1. The Morgan fingerprint density at radius 3 is 2.90 bits per heavy atom. The Bertz CT molecular complexity index is 829. The first-order chi connectivity index (χ1) is 14.5. The van der Waals surface area contributed by atoms with Crippen molar-refractivity contribution < 1.29 is 14.0 Å². The third-order valence-corrected chi connectivity index (χ3v) is 7.54. The summed E-state index contributed by atoms with van der Waals surface area (Å²) in [6.07, 6.45) is 6.29. The van der Waals surface area contributed by atoms with E-state index in [-0.39, 0.29) is 17.8 Å². The number of anilines is 1. The Kier molecular flexibility index (Phi) is 5.17. The smallest absolute Gasteiger partial charge is 0.243 e. The molecule has 0 bridgehead atoms. The van der Waals surface area contributed by atoms with Crippen molar-refractivity contribution in [1.29, 1.82) is 0 Å². The molecule has 5 rings (SSSR count). The Labute approximate surface area is 177 Å². The SMILES string of the molecule is Cc1ccc(F)c2c1NC(C(=O)N[C@@H]1CCC[C@H](N3CCN4C(=O)CCC4C3)C1)C2. The van der Waals surface area contributed by atoms with Gasteiger partial charge in [-0.05, 0) is 50.7 Å². The standard InChI is InChI=1S/C23H31FN4O2/c1-14-5-7-19(24)18-12-20(26-22(14)18)23(30)25-15-3-2-4-16(11-15)27-9-10-28-17(13-27)6-8-21(28)29/h5,7,15-17,20,26H,2-4,6,8-13H2,1H3,(H,25,30)/t15-,16+,17?,20?/m1/s1. The first-order valence-electron chi connectivity index (χ1n) is 11.4. The molecule has 30 heavy (non-hydrogen) atoms. The highest BCUT2D eigenvalue weighted by Crippen LogP contribution is 2.32. The van der Waals surface area contributed by atoms with Gasteiger partial charge in [-0.15, -0.1) is 0 Å². The number of benzene rings is 1. The predicted molar refractivity (Wildman–Crippen MR) is 113 cm³/mol. The van der Waals surface area contributed by atoms with Crippen molar-refractivity contribution in [3.8, 4) is 0 Å². The van der Waals surface area contributed by atoms with E-state index in [4.69, 9.17) is 0 Å². The van der Waals surface area contributed by atoms with Gasteiger partial charge in [-0.2, -0.15) is 0 Å². The third-order valence-electron chi connectivity index (χ3n) is 7.54. The van der Waals surface area contributed by atoms with Crippen LogP contribution in [0.5, 0.6) is 0 Å². The molecule has 3 heterocycles. The lowest BCUT2D eigenvalue weighted by Crippen LogP contribution is -2.56. The van der Waals surface area contributed by atoms with E-state index in [1.165, 1.54) is 6.07 Å². The van der Waals surface area contributed by atoms with Gasteiger partial charge in [-0.1, -0.05) is 6.07 Å². The van der Waals surface area contributed by atoms with Crippen LogP contribution in [0.4, 0.5) is 10.1 Å². The largest absolute Gasteiger partial charge is 0.373 e. The highest BCUT2D eigenvalue weighted by molar-refractivity contribution is 5.88. The van der Waals surface area contributed by atoms with Crippen LogP contribution in [0.3, 0.4) is 0 Å². The number of rotatable bonds is 3. The van der Waals surface area contributed by atoms with Crippen molar-refractivity contribution in [2.24, 2.45) is 0 Å². The molecule has 3 aliphatic heterocycles. The molecule has 4 aliphatic rings. The van der Waals surface area contributed by atoms with Gasteiger partial charge in [0.05, 0.1) is 0 Å². The van der Waals surface area contributed by atoms with Crippen LogP contribution in [0.25, 0.3) is 0 Å². The highest BCUT2D eigenvalue weighted by atomic mass is 19.1. The fraction of sp³-hybridized carbons (Fsp3) is 0.652. The first kappa shape index (κ1) is 19.8. The zero-order valence-electron chi connectivity index (χ0n) is 17.6. The van der Waals surface area contributed by atoms with Gasteiger partial charge < -0.3 is 15.5 Å². The van der Waals surface area contributed by atoms with Crippen molar-refractivity contribution in [1.82, 2.24) is 15.1 Å². The van der Waals surface area contributed by atoms with Gasteiger partial charge in [-0.25, -0.2) is 4.39 Å². The van der Waals surface area contributed by atoms with Crippen LogP contribution < -0.4 is 10.6 Å². The summed E-state index contributed by atoms with van der Waals surface area (Å²) in [7, 11) is 0. The van der Waals surface area contributed by atoms with E-state index in [0.29, 0.717) is 36.4 Å². The summed E-state index contributed by atoms with van der Waals surface area (Å²) in [5, 5.41) is 6.48. The summed E-state index contributed by atoms with van der Waals surface area (Å²) in [4.78, 5) is 29.5. The number of aryl methyl sites for hydroxylation is 1. The molecule has 0 aromatic heterocycles. The van der Waals surface area contributed by atoms with Crippen molar-refractivity contribution in [2.75, 3.05) is 25.0 Å². The maximum atomic E-state index is 14.1. The number of amides is 2. The molecule has 1 saturated carbocycles. The second-order valence-corrected chi connectivity index (χ2v) is 9.42. The van der Waals surface area contributed by atoms with E-state index in [0.717, 1.165) is 63.0 Å². The van der Waals surface area contributed by atoms with Crippen LogP contribution in [0.15, 0.2) is 12.1 Å². The van der Waals surface area contributed by atoms with Gasteiger partial charge in [-0.3, -0.25) is 14.5 Å². The molecule has 162 valence electrons. The molecule has 2 amide bonds. The third kappa shape index (κ3) is 3.57. The molecule has 1 aromatic carbocycles. The molecule has 1 aliphatic carbocycles. The summed E-state index contributed by atoms with van der Waals surface area (Å²) < 4.78 is 14.1. The van der Waals surface area contributed by atoms with Crippen LogP contribution in [0, 0.1) is 12.7 Å². The molecule has 4 atom stereocenters. The monoisotopic (exact) mass is 414 g/mol. The number of carbonyl (C=O) groups excluding carboxylic acids is 2. The van der Waals surface area contributed by atoms with Gasteiger partial charge in [0.25, 0.3) is 0 Å². The minimum atomic E-state index is -0.399. The number of fused-ring (bicyclic) bond motifs is 2. The van der Waals surface area contributed by atoms with Gasteiger partial charge in [0.1, 0.15) is 11.9 Å². The van der Waals surface area contributed by atoms with Crippen molar-refractivity contribution in [3.05, 3.63) is 29.1 Å². The predicted octanol–water partition coefficient (Wildman–Crippen LogP) is 2.20. The summed E-state index contributed by atoms with van der Waals surface area (Å²) in [6, 6.07) is 3.85. The minimum Gasteiger partial charge on any atom is -0.373 e. The Morgan fingerprint density at radius 2 is 2.07 bits per heavy atom. The van der Waals surface area contributed by atoms with Crippen molar-refractivity contribution in [3.63, 3.8) is 0 Å². The fourth-order valence-corrected chi connectivity index (χ4v) is 5.88. The second kappa shape index (κ2) is 7.84. The topological polar surface area (TPSA) is 64.7 Å². The van der Waals surface area contributed by atoms with E-state index in [2.05, 4.69) is 20.4 Å². The van der Waals surface area contributed by atoms with Gasteiger partial charge >= 0.3 is 0 Å². The Balaban J connectivity index is 1.17. The molecule has 0 spiro atoms. The number of carbonyl (C=O) groups is 2. The van der Waals surface area contributed by atoms with E-state index in [1.54, 1.807) is 6.07 Å². The number of nitrogens with one attached hydrogen (secondary N) is 2. The lowest BCUT2D eigenvalue weighted by atomic mass is 9.89. The maximum Gasteiger partial charge on any atom is 0.243 e. The number of nitrogens with zero attached hydrogens (tertiary/aromatic N) is 2. The first-order valence-corrected chi connectivity index (χ1v) is 11.4. The van der Waals surface area contributed by atoms with Crippen LogP contribution in [-0.4, -0.2) is 65.4 Å². The van der Waals surface area contributed by atoms with Gasteiger partial charge in [0, 0.05) is 61.9 Å². The molecular formula is C23H31FN4O2. The molecule has 1 aromatic rings. The van der Waals surface area contributed by atoms with E-state index in [1.807, 2.05) is 6.92 Å². The molecular weight excluding hydrogens is 383 g/mol. The molecule has 6 nitrogen and oxygen atoms in total. The zero-order chi connectivity index (χ0) is 20.8. The van der Waals surface area contributed by atoms with E-state index < -0.39 is 6.04 Å². The molecule has 2 unspecified atom stereocenters. The highest BCUT2D eigenvalue weighted by Gasteiger charge is 2.39. The summed E-state index contributed by atoms with van der Waals surface area (Å²) in [5.41, 5.74) is 2.38. The second-order valence-electron chi connectivity index (χ2n) is 9.42. The average Bonchev–Trinajstić information content (AvgIpc) is 3.36. The quantitative estimate of drug-likeness (QED) is 0.796. The number of halogens is 1. The van der Waals surface area contributed by atoms with E-state index in [9.17, 15) is 14.0 Å². The van der Waals surface area contributed by atoms with Gasteiger partial charge in [0.15, 0.2) is 0 Å². The number of hydrogen-bond donors (Lipinski definition) is 2. The summed E-state index contributed by atoms with van der Waals surface area (Å²) >= 11 is 0.